The lowest BCUT2D eigenvalue weighted by molar-refractivity contribution is -0.122. The number of benzene rings is 1. The van der Waals surface area contributed by atoms with Crippen LogP contribution in [0.4, 0.5) is 0 Å². The summed E-state index contributed by atoms with van der Waals surface area (Å²) in [5.41, 5.74) is 0.945. The summed E-state index contributed by atoms with van der Waals surface area (Å²) in [5, 5.41) is 8.65. The summed E-state index contributed by atoms with van der Waals surface area (Å²) in [5.74, 6) is -0.153. The summed E-state index contributed by atoms with van der Waals surface area (Å²) in [7, 11) is 0. The van der Waals surface area contributed by atoms with Gasteiger partial charge >= 0.3 is 5.97 Å². The molecule has 4 heteroatoms. The third-order valence-electron chi connectivity index (χ3n) is 3.01. The van der Waals surface area contributed by atoms with Crippen LogP contribution in [0.15, 0.2) is 24.3 Å². The first-order valence-electron chi connectivity index (χ1n) is 5.92. The SMILES string of the molecule is N#Cc1ccc(C(=O)OC2CCC(=O)CC2)cc1. The maximum absolute atomic E-state index is 11.8. The zero-order valence-corrected chi connectivity index (χ0v) is 9.89. The van der Waals surface area contributed by atoms with Gasteiger partial charge in [-0.2, -0.15) is 5.26 Å². The van der Waals surface area contributed by atoms with Crippen LogP contribution in [0.2, 0.25) is 0 Å². The van der Waals surface area contributed by atoms with Gasteiger partial charge in [0.1, 0.15) is 11.9 Å². The Morgan fingerprint density at radius 3 is 2.39 bits per heavy atom. The topological polar surface area (TPSA) is 67.2 Å². The number of rotatable bonds is 2. The maximum atomic E-state index is 11.8. The predicted molar refractivity (Wildman–Crippen MR) is 63.8 cm³/mol. The minimum absolute atomic E-state index is 0.161. The van der Waals surface area contributed by atoms with Crippen LogP contribution in [0.1, 0.15) is 41.6 Å². The number of hydrogen-bond acceptors (Lipinski definition) is 4. The van der Waals surface area contributed by atoms with Crippen molar-refractivity contribution in [2.24, 2.45) is 0 Å². The summed E-state index contributed by atoms with van der Waals surface area (Å²) in [6, 6.07) is 8.31. The van der Waals surface area contributed by atoms with Gasteiger partial charge in [0.2, 0.25) is 0 Å². The number of esters is 1. The number of carbonyl (C=O) groups excluding carboxylic acids is 2. The standard InChI is InChI=1S/C14H13NO3/c15-9-10-1-3-11(4-2-10)14(17)18-13-7-5-12(16)6-8-13/h1-4,13H,5-8H2. The van der Waals surface area contributed by atoms with Gasteiger partial charge in [-0.05, 0) is 37.1 Å². The molecular formula is C14H13NO3. The van der Waals surface area contributed by atoms with E-state index in [2.05, 4.69) is 0 Å². The van der Waals surface area contributed by atoms with Crippen LogP contribution in [-0.4, -0.2) is 17.9 Å². The van der Waals surface area contributed by atoms with Gasteiger partial charge in [0, 0.05) is 12.8 Å². The molecule has 92 valence electrons. The van der Waals surface area contributed by atoms with E-state index in [0.29, 0.717) is 36.8 Å². The van der Waals surface area contributed by atoms with Crippen LogP contribution in [-0.2, 0) is 9.53 Å². The van der Waals surface area contributed by atoms with E-state index in [-0.39, 0.29) is 17.9 Å². The fourth-order valence-corrected chi connectivity index (χ4v) is 1.93. The molecule has 1 fully saturated rings. The summed E-state index contributed by atoms with van der Waals surface area (Å²) >= 11 is 0. The van der Waals surface area contributed by atoms with E-state index in [0.717, 1.165) is 0 Å². The van der Waals surface area contributed by atoms with E-state index in [1.807, 2.05) is 6.07 Å². The minimum Gasteiger partial charge on any atom is -0.459 e. The van der Waals surface area contributed by atoms with Crippen LogP contribution in [0.25, 0.3) is 0 Å². The molecule has 18 heavy (non-hydrogen) atoms. The second-order valence-electron chi connectivity index (χ2n) is 4.33. The highest BCUT2D eigenvalue weighted by Gasteiger charge is 2.22. The Hall–Kier alpha value is -2.15. The first-order valence-corrected chi connectivity index (χ1v) is 5.92. The monoisotopic (exact) mass is 243 g/mol. The van der Waals surface area contributed by atoms with E-state index < -0.39 is 0 Å². The molecule has 1 aromatic rings. The fourth-order valence-electron chi connectivity index (χ4n) is 1.93. The van der Waals surface area contributed by atoms with Crippen molar-refractivity contribution in [2.45, 2.75) is 31.8 Å². The van der Waals surface area contributed by atoms with E-state index in [9.17, 15) is 9.59 Å². The average molecular weight is 243 g/mol. The molecule has 0 bridgehead atoms. The van der Waals surface area contributed by atoms with Crippen LogP contribution >= 0.6 is 0 Å². The molecule has 1 saturated carbocycles. The number of nitrogens with zero attached hydrogens (tertiary/aromatic N) is 1. The second-order valence-corrected chi connectivity index (χ2v) is 4.33. The minimum atomic E-state index is -0.390. The van der Waals surface area contributed by atoms with Crippen molar-refractivity contribution in [3.63, 3.8) is 0 Å². The smallest absolute Gasteiger partial charge is 0.338 e. The Balaban J connectivity index is 1.95. The summed E-state index contributed by atoms with van der Waals surface area (Å²) in [4.78, 5) is 22.9. The number of nitriles is 1. The van der Waals surface area contributed by atoms with Gasteiger partial charge < -0.3 is 4.74 Å². The van der Waals surface area contributed by atoms with E-state index in [4.69, 9.17) is 10.00 Å². The lowest BCUT2D eigenvalue weighted by Crippen LogP contribution is -2.24. The molecule has 1 aliphatic rings. The van der Waals surface area contributed by atoms with Crippen molar-refractivity contribution in [2.75, 3.05) is 0 Å². The largest absolute Gasteiger partial charge is 0.459 e. The highest BCUT2D eigenvalue weighted by Crippen LogP contribution is 2.19. The first kappa shape index (κ1) is 12.3. The Morgan fingerprint density at radius 2 is 1.83 bits per heavy atom. The van der Waals surface area contributed by atoms with Gasteiger partial charge in [0.05, 0.1) is 17.2 Å². The van der Waals surface area contributed by atoms with Crippen molar-refractivity contribution in [1.29, 1.82) is 5.26 Å². The lowest BCUT2D eigenvalue weighted by atomic mass is 9.96. The van der Waals surface area contributed by atoms with Crippen molar-refractivity contribution in [3.05, 3.63) is 35.4 Å². The number of ketones is 1. The van der Waals surface area contributed by atoms with Crippen LogP contribution in [0, 0.1) is 11.3 Å². The number of Topliss-reactive ketones (excluding diaryl/α,β-unsaturated/α-hetero) is 1. The second kappa shape index (κ2) is 5.46. The molecule has 4 nitrogen and oxygen atoms in total. The quantitative estimate of drug-likeness (QED) is 0.747. The molecular weight excluding hydrogens is 230 g/mol. The summed E-state index contributed by atoms with van der Waals surface area (Å²) < 4.78 is 5.33. The number of carbonyl (C=O) groups is 2. The van der Waals surface area contributed by atoms with Crippen LogP contribution in [0.3, 0.4) is 0 Å². The van der Waals surface area contributed by atoms with Crippen LogP contribution in [0.5, 0.6) is 0 Å². The van der Waals surface area contributed by atoms with E-state index in [1.54, 1.807) is 24.3 Å². The predicted octanol–water partition coefficient (Wildman–Crippen LogP) is 2.23. The molecule has 2 rings (SSSR count). The highest BCUT2D eigenvalue weighted by atomic mass is 16.5. The van der Waals surface area contributed by atoms with Gasteiger partial charge in [0.15, 0.2) is 0 Å². The summed E-state index contributed by atoms with van der Waals surface area (Å²) in [6.07, 6.45) is 2.05. The molecule has 0 amide bonds. The molecule has 0 aromatic heterocycles. The molecule has 0 saturated heterocycles. The molecule has 0 aliphatic heterocycles. The Bertz CT molecular complexity index is 489. The lowest BCUT2D eigenvalue weighted by Gasteiger charge is -2.21. The highest BCUT2D eigenvalue weighted by molar-refractivity contribution is 5.89. The number of ether oxygens (including phenoxy) is 1. The van der Waals surface area contributed by atoms with Crippen LogP contribution < -0.4 is 0 Å². The molecule has 0 spiro atoms. The molecule has 0 N–H and O–H groups in total. The molecule has 0 radical (unpaired) electrons. The van der Waals surface area contributed by atoms with Gasteiger partial charge in [-0.1, -0.05) is 0 Å². The van der Waals surface area contributed by atoms with Gasteiger partial charge in [-0.25, -0.2) is 4.79 Å². The molecule has 0 atom stereocenters. The molecule has 0 heterocycles. The Labute approximate surface area is 105 Å². The third-order valence-corrected chi connectivity index (χ3v) is 3.01. The fraction of sp³-hybridized carbons (Fsp3) is 0.357. The van der Waals surface area contributed by atoms with Gasteiger partial charge in [-0.3, -0.25) is 4.79 Å². The summed E-state index contributed by atoms with van der Waals surface area (Å²) in [6.45, 7) is 0. The maximum Gasteiger partial charge on any atom is 0.338 e. The zero-order valence-electron chi connectivity index (χ0n) is 9.89. The van der Waals surface area contributed by atoms with Crippen molar-refractivity contribution in [1.82, 2.24) is 0 Å². The third kappa shape index (κ3) is 2.95. The van der Waals surface area contributed by atoms with Crippen molar-refractivity contribution >= 4 is 11.8 Å². The molecule has 0 unspecified atom stereocenters. The average Bonchev–Trinajstić information content (AvgIpc) is 2.41. The van der Waals surface area contributed by atoms with E-state index in [1.165, 1.54) is 0 Å². The van der Waals surface area contributed by atoms with Gasteiger partial charge in [0.25, 0.3) is 0 Å². The van der Waals surface area contributed by atoms with Gasteiger partial charge in [-0.15, -0.1) is 0 Å². The molecule has 1 aliphatic carbocycles. The van der Waals surface area contributed by atoms with Crippen molar-refractivity contribution in [3.8, 4) is 6.07 Å². The normalized spacial score (nSPS) is 16.1. The number of hydrogen-bond donors (Lipinski definition) is 0. The Morgan fingerprint density at radius 1 is 1.22 bits per heavy atom. The molecule has 1 aromatic carbocycles. The van der Waals surface area contributed by atoms with Crippen molar-refractivity contribution < 1.29 is 14.3 Å². The van der Waals surface area contributed by atoms with E-state index >= 15 is 0 Å². The first-order chi connectivity index (χ1) is 8.69. The zero-order chi connectivity index (χ0) is 13.0. The Kier molecular flexibility index (Phi) is 3.73.